The molecule has 4 heterocycles. The molecule has 9 rings (SSSR count). The second kappa shape index (κ2) is 12.5. The number of aromatic nitrogens is 3. The van der Waals surface area contributed by atoms with E-state index in [-0.39, 0.29) is 22.1 Å². The van der Waals surface area contributed by atoms with E-state index < -0.39 is 42.5 Å². The number of nitrogens with zero attached hydrogens (tertiary/aromatic N) is 5. The molecule has 0 atom stereocenters. The molecule has 0 spiro atoms. The fourth-order valence-electron chi connectivity index (χ4n) is 7.08. The Labute approximate surface area is 322 Å². The Morgan fingerprint density at radius 3 is 2.19 bits per heavy atom. The summed E-state index contributed by atoms with van der Waals surface area (Å²) in [7, 11) is 0. The van der Waals surface area contributed by atoms with Gasteiger partial charge >= 0.3 is 6.01 Å². The van der Waals surface area contributed by atoms with Gasteiger partial charge < -0.3 is 0 Å². The Hall–Kier alpha value is -6.56. The second-order valence-electron chi connectivity index (χ2n) is 14.3. The van der Waals surface area contributed by atoms with Crippen LogP contribution < -0.4 is 9.15 Å². The summed E-state index contributed by atoms with van der Waals surface area (Å²) >= 11 is 0. The average molecular weight is 717 g/mol. The van der Waals surface area contributed by atoms with Crippen LogP contribution in [0.4, 0.5) is 31.5 Å². The Kier molecular flexibility index (Phi) is 6.09. The van der Waals surface area contributed by atoms with E-state index in [4.69, 9.17) is 9.60 Å². The number of halogens is 2. The van der Waals surface area contributed by atoms with Gasteiger partial charge in [-0.25, -0.2) is 4.98 Å². The molecule has 0 aliphatic carbocycles. The molecule has 0 unspecified atom stereocenters. The summed E-state index contributed by atoms with van der Waals surface area (Å²) in [6.45, 7) is 3.46. The van der Waals surface area contributed by atoms with Crippen LogP contribution in [0.5, 0.6) is 0 Å². The molecule has 3 aromatic heterocycles. The summed E-state index contributed by atoms with van der Waals surface area (Å²) in [4.78, 5) is 9.03. The predicted octanol–water partition coefficient (Wildman–Crippen LogP) is 11.8. The zero-order valence-corrected chi connectivity index (χ0v) is 29.6. The molecule has 0 amide bonds. The van der Waals surface area contributed by atoms with Gasteiger partial charge in [-0.15, -0.1) is 0 Å². The Morgan fingerprint density at radius 1 is 0.685 bits per heavy atom. The molecule has 0 bridgehead atoms. The lowest BCUT2D eigenvalue weighted by molar-refractivity contribution is 0.0430. The fraction of sp³-hybridized carbons (Fsp3) is 0.128. The maximum atomic E-state index is 17.0. The summed E-state index contributed by atoms with van der Waals surface area (Å²) in [6, 6.07) is 31.6. The van der Waals surface area contributed by atoms with E-state index >= 15 is 8.78 Å². The molecule has 1 aliphatic heterocycles. The van der Waals surface area contributed by atoms with Crippen molar-refractivity contribution in [1.29, 1.82) is 0 Å². The summed E-state index contributed by atoms with van der Waals surface area (Å²) in [5.74, 6) is -2.85. The smallest absolute Gasteiger partial charge is 0.292 e. The first-order valence-electron chi connectivity index (χ1n) is 21.0. The van der Waals surface area contributed by atoms with E-state index in [1.165, 1.54) is 24.3 Å². The SMILES string of the molecule is [2H]c1c([2H])c(C([2H])([2H])[2H])c([2H])c([2H])c1-c1ccccc1[N+]1=C=[N+](c2cccc(C(F)(F)c3ccc4c5ccncc5n(-c5cc(C(C)(C)C)ccn5)c4c3)c2)c2ccccc21. The van der Waals surface area contributed by atoms with Gasteiger partial charge in [0.05, 0.1) is 28.3 Å². The third kappa shape index (κ3) is 5.53. The quantitative estimate of drug-likeness (QED) is 0.161. The molecule has 5 nitrogen and oxygen atoms in total. The molecule has 0 saturated carbocycles. The molecule has 54 heavy (non-hydrogen) atoms. The molecule has 7 heteroatoms. The van der Waals surface area contributed by atoms with Gasteiger partial charge in [-0.2, -0.15) is 8.78 Å². The van der Waals surface area contributed by atoms with Crippen LogP contribution in [0.3, 0.4) is 0 Å². The van der Waals surface area contributed by atoms with Gasteiger partial charge in [0.15, 0.2) is 0 Å². The highest BCUT2D eigenvalue weighted by Crippen LogP contribution is 2.43. The number of rotatable bonds is 6. The monoisotopic (exact) mass is 716 g/mol. The minimum atomic E-state index is -3.45. The summed E-state index contributed by atoms with van der Waals surface area (Å²) in [6.07, 6.45) is 5.14. The van der Waals surface area contributed by atoms with Crippen LogP contribution in [0.25, 0.3) is 38.8 Å². The van der Waals surface area contributed by atoms with Gasteiger partial charge in [0.25, 0.3) is 17.3 Å². The Balaban J connectivity index is 1.18. The number of pyridine rings is 2. The van der Waals surface area contributed by atoms with E-state index in [1.54, 1.807) is 70.2 Å². The van der Waals surface area contributed by atoms with Gasteiger partial charge in [0.1, 0.15) is 5.82 Å². The van der Waals surface area contributed by atoms with Crippen LogP contribution in [0.2, 0.25) is 0 Å². The molecular formula is C47H37F2N5+2. The van der Waals surface area contributed by atoms with Crippen molar-refractivity contribution in [2.75, 3.05) is 0 Å². The van der Waals surface area contributed by atoms with Crippen molar-refractivity contribution < 1.29 is 18.4 Å². The maximum absolute atomic E-state index is 17.0. The van der Waals surface area contributed by atoms with E-state index in [1.807, 2.05) is 47.0 Å². The Morgan fingerprint density at radius 2 is 1.41 bits per heavy atom. The predicted molar refractivity (Wildman–Crippen MR) is 215 cm³/mol. The summed E-state index contributed by atoms with van der Waals surface area (Å²) in [5, 5.41) is 1.65. The van der Waals surface area contributed by atoms with Crippen molar-refractivity contribution >= 4 is 50.6 Å². The number of fused-ring (bicyclic) bond motifs is 4. The van der Waals surface area contributed by atoms with E-state index in [9.17, 15) is 0 Å². The standard InChI is InChI=1S/C47H37F2N5/c1-31-16-18-32(19-17-31)37-12-5-6-13-40(37)53-30-52(41-14-7-8-15-42(41)53)36-11-9-10-34(26-36)47(48,49)35-20-21-38-39-23-24-50-29-44(39)54(43(38)27-35)45-28-33(22-25-51-45)46(2,3)4/h5-29H,1-4H3/q+2/i1D3,16D,17D,18D,19D. The molecule has 0 saturated heterocycles. The first-order chi connectivity index (χ1) is 29.0. The second-order valence-corrected chi connectivity index (χ2v) is 14.3. The lowest BCUT2D eigenvalue weighted by Gasteiger charge is -2.20. The molecule has 8 aromatic rings. The molecule has 1 aliphatic rings. The van der Waals surface area contributed by atoms with Crippen LogP contribution in [0.1, 0.15) is 52.6 Å². The van der Waals surface area contributed by atoms with Gasteiger partial charge in [-0.05, 0) is 62.9 Å². The van der Waals surface area contributed by atoms with E-state index in [0.717, 1.165) is 21.9 Å². The lowest BCUT2D eigenvalue weighted by Crippen LogP contribution is -2.16. The van der Waals surface area contributed by atoms with Gasteiger partial charge in [-0.1, -0.05) is 99.0 Å². The molecule has 0 fully saturated rings. The largest absolute Gasteiger partial charge is 0.503 e. The number of para-hydroxylation sites is 3. The summed E-state index contributed by atoms with van der Waals surface area (Å²) < 4.78 is 97.5. The van der Waals surface area contributed by atoms with Crippen molar-refractivity contribution in [3.05, 3.63) is 174 Å². The van der Waals surface area contributed by atoms with Crippen LogP contribution >= 0.6 is 0 Å². The zero-order valence-electron chi connectivity index (χ0n) is 36.6. The van der Waals surface area contributed by atoms with Crippen molar-refractivity contribution in [2.24, 2.45) is 0 Å². The molecule has 262 valence electrons. The average Bonchev–Trinajstić information content (AvgIpc) is 3.79. The normalized spacial score (nSPS) is 15.0. The zero-order chi connectivity index (χ0) is 43.2. The molecule has 0 radical (unpaired) electrons. The molecule has 5 aromatic carbocycles. The van der Waals surface area contributed by atoms with Gasteiger partial charge in [0, 0.05) is 68.7 Å². The minimum Gasteiger partial charge on any atom is -0.292 e. The fourth-order valence-corrected chi connectivity index (χ4v) is 7.08. The molecule has 0 N–H and O–H groups in total. The van der Waals surface area contributed by atoms with Crippen LogP contribution in [0, 0.1) is 6.85 Å². The van der Waals surface area contributed by atoms with Crippen molar-refractivity contribution in [1.82, 2.24) is 23.7 Å². The van der Waals surface area contributed by atoms with E-state index in [2.05, 4.69) is 36.7 Å². The molecular weight excluding hydrogens is 673 g/mol. The lowest BCUT2D eigenvalue weighted by atomic mass is 9.88. The van der Waals surface area contributed by atoms with Crippen molar-refractivity contribution in [2.45, 2.75) is 39.0 Å². The maximum Gasteiger partial charge on any atom is 0.503 e. The van der Waals surface area contributed by atoms with Crippen LogP contribution in [0.15, 0.2) is 152 Å². The minimum absolute atomic E-state index is 0.0806. The van der Waals surface area contributed by atoms with Crippen LogP contribution in [-0.4, -0.2) is 20.5 Å². The number of hydrogen-bond acceptors (Lipinski definition) is 2. The third-order valence-corrected chi connectivity index (χ3v) is 9.84. The number of benzene rings is 5. The third-order valence-electron chi connectivity index (χ3n) is 9.84. The van der Waals surface area contributed by atoms with Crippen LogP contribution in [-0.2, 0) is 11.3 Å². The first kappa shape index (κ1) is 26.2. The highest BCUT2D eigenvalue weighted by molar-refractivity contribution is 6.09. The highest BCUT2D eigenvalue weighted by atomic mass is 19.3. The number of alkyl halides is 2. The Bertz CT molecular complexity index is 3170. The van der Waals surface area contributed by atoms with Gasteiger partial charge in [0.2, 0.25) is 11.4 Å². The van der Waals surface area contributed by atoms with Crippen molar-refractivity contribution in [3.63, 3.8) is 0 Å². The first-order valence-corrected chi connectivity index (χ1v) is 17.5. The van der Waals surface area contributed by atoms with Gasteiger partial charge in [-0.3, -0.25) is 9.55 Å². The highest BCUT2D eigenvalue weighted by Gasteiger charge is 2.40. The van der Waals surface area contributed by atoms with Crippen molar-refractivity contribution in [3.8, 4) is 16.9 Å². The topological polar surface area (TPSA) is 36.7 Å². The summed E-state index contributed by atoms with van der Waals surface area (Å²) in [5.41, 5.74) is 3.31. The number of hydrogen-bond donors (Lipinski definition) is 0. The van der Waals surface area contributed by atoms with E-state index in [0.29, 0.717) is 39.6 Å².